The summed E-state index contributed by atoms with van der Waals surface area (Å²) in [7, 11) is 2.10. The molecule has 2 aliphatic heterocycles. The molecule has 2 aliphatic rings. The lowest BCUT2D eigenvalue weighted by atomic mass is 9.98. The second-order valence-electron chi connectivity index (χ2n) is 7.62. The third-order valence-electron chi connectivity index (χ3n) is 5.05. The molecule has 3 atom stereocenters. The van der Waals surface area contributed by atoms with Gasteiger partial charge in [-0.15, -0.1) is 0 Å². The zero-order valence-electron chi connectivity index (χ0n) is 14.2. The van der Waals surface area contributed by atoms with Crippen LogP contribution in [0, 0.1) is 5.92 Å². The highest BCUT2D eigenvalue weighted by atomic mass is 16.2. The summed E-state index contributed by atoms with van der Waals surface area (Å²) in [6.07, 6.45) is 7.27. The summed E-state index contributed by atoms with van der Waals surface area (Å²) in [6, 6.07) is 2.23. The number of carbonyl (C=O) groups is 1. The van der Waals surface area contributed by atoms with Crippen molar-refractivity contribution in [3.8, 4) is 0 Å². The topological polar surface area (TPSA) is 44.4 Å². The molecule has 122 valence electrons. The van der Waals surface area contributed by atoms with Crippen molar-refractivity contribution >= 4 is 5.91 Å². The average molecular weight is 295 g/mol. The van der Waals surface area contributed by atoms with Crippen LogP contribution in [0.25, 0.3) is 0 Å². The number of rotatable bonds is 7. The zero-order chi connectivity index (χ0) is 15.4. The minimum absolute atomic E-state index is 0.180. The highest BCUT2D eigenvalue weighted by molar-refractivity contribution is 5.78. The molecule has 0 aromatic heterocycles. The Bertz CT molecular complexity index is 333. The zero-order valence-corrected chi connectivity index (χ0v) is 14.2. The van der Waals surface area contributed by atoms with Gasteiger partial charge in [0.25, 0.3) is 0 Å². The van der Waals surface area contributed by atoms with E-state index in [4.69, 9.17) is 0 Å². The Labute approximate surface area is 130 Å². The predicted octanol–water partition coefficient (Wildman–Crippen LogP) is 2.14. The van der Waals surface area contributed by atoms with Crippen molar-refractivity contribution in [1.29, 1.82) is 0 Å². The summed E-state index contributed by atoms with van der Waals surface area (Å²) in [6.45, 7) is 7.11. The van der Waals surface area contributed by atoms with E-state index in [9.17, 15) is 4.79 Å². The normalized spacial score (nSPS) is 29.9. The van der Waals surface area contributed by atoms with E-state index in [1.54, 1.807) is 0 Å². The fourth-order valence-electron chi connectivity index (χ4n) is 3.72. The van der Waals surface area contributed by atoms with Gasteiger partial charge in [0.1, 0.15) is 0 Å². The fourth-order valence-corrected chi connectivity index (χ4v) is 3.72. The molecule has 0 spiro atoms. The lowest BCUT2D eigenvalue weighted by Crippen LogP contribution is -2.50. The highest BCUT2D eigenvalue weighted by Gasteiger charge is 2.35. The van der Waals surface area contributed by atoms with Gasteiger partial charge < -0.3 is 10.6 Å². The Morgan fingerprint density at radius 1 is 1.19 bits per heavy atom. The monoisotopic (exact) mass is 295 g/mol. The van der Waals surface area contributed by atoms with Gasteiger partial charge in [0.2, 0.25) is 5.91 Å². The molecule has 0 saturated carbocycles. The molecule has 2 saturated heterocycles. The van der Waals surface area contributed by atoms with Crippen molar-refractivity contribution in [3.05, 3.63) is 0 Å². The summed E-state index contributed by atoms with van der Waals surface area (Å²) < 4.78 is 0. The van der Waals surface area contributed by atoms with Crippen LogP contribution in [0.3, 0.4) is 0 Å². The molecule has 4 nitrogen and oxygen atoms in total. The molecule has 4 heteroatoms. The third-order valence-corrected chi connectivity index (χ3v) is 5.05. The summed E-state index contributed by atoms with van der Waals surface area (Å²) in [5, 5.41) is 6.81. The third kappa shape index (κ3) is 5.26. The molecule has 2 heterocycles. The van der Waals surface area contributed by atoms with Crippen LogP contribution in [0.15, 0.2) is 0 Å². The number of carbonyl (C=O) groups excluding carboxylic acids is 1. The van der Waals surface area contributed by atoms with Crippen LogP contribution in [0.2, 0.25) is 0 Å². The van der Waals surface area contributed by atoms with E-state index in [-0.39, 0.29) is 11.9 Å². The van der Waals surface area contributed by atoms with E-state index >= 15 is 0 Å². The molecule has 0 aromatic carbocycles. The maximum atomic E-state index is 12.2. The van der Waals surface area contributed by atoms with Crippen molar-refractivity contribution in [2.45, 2.75) is 83.5 Å². The SMILES string of the molecule is CC(C)CCC(C)NC(=O)CN(C)C1CC2CCC(C1)N2. The maximum Gasteiger partial charge on any atom is 0.234 e. The number of nitrogens with zero attached hydrogens (tertiary/aromatic N) is 1. The Hall–Kier alpha value is -0.610. The average Bonchev–Trinajstić information content (AvgIpc) is 2.74. The quantitative estimate of drug-likeness (QED) is 0.756. The van der Waals surface area contributed by atoms with Crippen molar-refractivity contribution in [1.82, 2.24) is 15.5 Å². The van der Waals surface area contributed by atoms with Crippen LogP contribution in [0.5, 0.6) is 0 Å². The lowest BCUT2D eigenvalue weighted by molar-refractivity contribution is -0.123. The molecular formula is C17H33N3O. The van der Waals surface area contributed by atoms with Gasteiger partial charge >= 0.3 is 0 Å². The summed E-state index contributed by atoms with van der Waals surface area (Å²) in [5.41, 5.74) is 0. The molecule has 0 radical (unpaired) electrons. The van der Waals surface area contributed by atoms with Crippen LogP contribution in [0.1, 0.15) is 59.3 Å². The highest BCUT2D eigenvalue weighted by Crippen LogP contribution is 2.29. The second-order valence-corrected chi connectivity index (χ2v) is 7.62. The van der Waals surface area contributed by atoms with Crippen molar-refractivity contribution < 1.29 is 4.79 Å². The molecular weight excluding hydrogens is 262 g/mol. The first-order chi connectivity index (χ1) is 9.94. The first-order valence-electron chi connectivity index (χ1n) is 8.69. The number of nitrogens with one attached hydrogen (secondary N) is 2. The minimum Gasteiger partial charge on any atom is -0.353 e. The van der Waals surface area contributed by atoms with E-state index in [0.29, 0.717) is 30.6 Å². The number of fused-ring (bicyclic) bond motifs is 2. The molecule has 21 heavy (non-hydrogen) atoms. The number of likely N-dealkylation sites (N-methyl/N-ethyl adjacent to an activating group) is 1. The van der Waals surface area contributed by atoms with E-state index in [0.717, 1.165) is 6.42 Å². The van der Waals surface area contributed by atoms with E-state index in [2.05, 4.69) is 43.4 Å². The molecule has 0 aromatic rings. The molecule has 0 aliphatic carbocycles. The predicted molar refractivity (Wildman–Crippen MR) is 87.3 cm³/mol. The number of hydrogen-bond donors (Lipinski definition) is 2. The first kappa shape index (κ1) is 16.8. The Kier molecular flexibility index (Phi) is 6.06. The van der Waals surface area contributed by atoms with Crippen molar-refractivity contribution in [2.75, 3.05) is 13.6 Å². The summed E-state index contributed by atoms with van der Waals surface area (Å²) in [5.74, 6) is 0.886. The molecule has 2 fully saturated rings. The van der Waals surface area contributed by atoms with Crippen molar-refractivity contribution in [3.63, 3.8) is 0 Å². The summed E-state index contributed by atoms with van der Waals surface area (Å²) >= 11 is 0. The molecule has 2 rings (SSSR count). The summed E-state index contributed by atoms with van der Waals surface area (Å²) in [4.78, 5) is 14.4. The van der Waals surface area contributed by atoms with Gasteiger partial charge in [-0.1, -0.05) is 13.8 Å². The molecule has 1 amide bonds. The van der Waals surface area contributed by atoms with Gasteiger partial charge in [0, 0.05) is 24.2 Å². The van der Waals surface area contributed by atoms with Gasteiger partial charge in [-0.25, -0.2) is 0 Å². The molecule has 2 bridgehead atoms. The molecule has 3 unspecified atom stereocenters. The van der Waals surface area contributed by atoms with Gasteiger partial charge in [0.05, 0.1) is 6.54 Å². The van der Waals surface area contributed by atoms with Gasteiger partial charge in [-0.2, -0.15) is 0 Å². The van der Waals surface area contributed by atoms with Crippen LogP contribution in [0.4, 0.5) is 0 Å². The number of hydrogen-bond acceptors (Lipinski definition) is 3. The van der Waals surface area contributed by atoms with Gasteiger partial charge in [0.15, 0.2) is 0 Å². The van der Waals surface area contributed by atoms with E-state index in [1.807, 2.05) is 0 Å². The fraction of sp³-hybridized carbons (Fsp3) is 0.941. The van der Waals surface area contributed by atoms with Crippen LogP contribution >= 0.6 is 0 Å². The smallest absolute Gasteiger partial charge is 0.234 e. The van der Waals surface area contributed by atoms with Crippen LogP contribution in [-0.4, -0.2) is 48.6 Å². The standard InChI is InChI=1S/C17H33N3O/c1-12(2)5-6-13(3)18-17(21)11-20(4)16-9-14-7-8-15(10-16)19-14/h12-16,19H,5-11H2,1-4H3,(H,18,21). The Balaban J connectivity index is 1.69. The van der Waals surface area contributed by atoms with Crippen LogP contribution < -0.4 is 10.6 Å². The van der Waals surface area contributed by atoms with Gasteiger partial charge in [-0.3, -0.25) is 9.69 Å². The molecule has 2 N–H and O–H groups in total. The maximum absolute atomic E-state index is 12.2. The van der Waals surface area contributed by atoms with Crippen LogP contribution in [-0.2, 0) is 4.79 Å². The van der Waals surface area contributed by atoms with E-state index < -0.39 is 0 Å². The largest absolute Gasteiger partial charge is 0.353 e. The first-order valence-corrected chi connectivity index (χ1v) is 8.69. The minimum atomic E-state index is 0.180. The van der Waals surface area contributed by atoms with E-state index in [1.165, 1.54) is 32.1 Å². The number of amides is 1. The Morgan fingerprint density at radius 3 is 2.38 bits per heavy atom. The number of piperidine rings is 1. The lowest BCUT2D eigenvalue weighted by Gasteiger charge is -2.35. The van der Waals surface area contributed by atoms with Gasteiger partial charge in [-0.05, 0) is 58.4 Å². The second kappa shape index (κ2) is 7.59. The Morgan fingerprint density at radius 2 is 1.81 bits per heavy atom. The van der Waals surface area contributed by atoms with Crippen molar-refractivity contribution in [2.24, 2.45) is 5.92 Å².